The van der Waals surface area contributed by atoms with E-state index in [9.17, 15) is 13.2 Å². The molecule has 2 N–H and O–H groups in total. The molecule has 0 spiro atoms. The molecule has 7 heteroatoms. The predicted octanol–water partition coefficient (Wildman–Crippen LogP) is 2.80. The van der Waals surface area contributed by atoms with Crippen molar-refractivity contribution in [1.82, 2.24) is 14.6 Å². The second kappa shape index (κ2) is 5.42. The van der Waals surface area contributed by atoms with Crippen LogP contribution >= 0.6 is 0 Å². The fourth-order valence-electron chi connectivity index (χ4n) is 2.34. The number of nitrogens with two attached hydrogens (primary N) is 1. The third-order valence-electron chi connectivity index (χ3n) is 3.42. The van der Waals surface area contributed by atoms with Crippen LogP contribution in [0.2, 0.25) is 0 Å². The number of aromatic nitrogens is 3. The minimum absolute atomic E-state index is 0.263. The van der Waals surface area contributed by atoms with Gasteiger partial charge >= 0.3 is 6.18 Å². The van der Waals surface area contributed by atoms with E-state index in [0.29, 0.717) is 23.6 Å². The lowest BCUT2D eigenvalue weighted by Gasteiger charge is -2.08. The van der Waals surface area contributed by atoms with Gasteiger partial charge in [0.05, 0.1) is 5.56 Å². The van der Waals surface area contributed by atoms with Crippen LogP contribution in [0.1, 0.15) is 22.5 Å². The first-order chi connectivity index (χ1) is 10.5. The van der Waals surface area contributed by atoms with Crippen LogP contribution in [0.15, 0.2) is 42.6 Å². The largest absolute Gasteiger partial charge is 0.416 e. The predicted molar refractivity (Wildman–Crippen MR) is 75.1 cm³/mol. The maximum Gasteiger partial charge on any atom is 0.416 e. The van der Waals surface area contributed by atoms with Gasteiger partial charge in [0.1, 0.15) is 5.82 Å². The number of rotatable bonds is 3. The molecule has 3 aromatic rings. The maximum atomic E-state index is 12.8. The van der Waals surface area contributed by atoms with Crippen molar-refractivity contribution < 1.29 is 13.2 Å². The molecule has 0 saturated heterocycles. The molecule has 3 rings (SSSR count). The van der Waals surface area contributed by atoms with Gasteiger partial charge in [-0.2, -0.15) is 13.2 Å². The normalized spacial score (nSPS) is 12.0. The smallest absolute Gasteiger partial charge is 0.326 e. The van der Waals surface area contributed by atoms with Gasteiger partial charge in [-0.25, -0.2) is 0 Å². The van der Waals surface area contributed by atoms with Crippen LogP contribution in [-0.4, -0.2) is 14.6 Å². The minimum atomic E-state index is -4.35. The molecule has 0 amide bonds. The molecule has 22 heavy (non-hydrogen) atoms. The van der Waals surface area contributed by atoms with E-state index in [1.807, 2.05) is 12.1 Å². The highest BCUT2D eigenvalue weighted by Crippen LogP contribution is 2.29. The number of pyridine rings is 1. The topological polar surface area (TPSA) is 56.2 Å². The number of alkyl halides is 3. The second-order valence-corrected chi connectivity index (χ2v) is 4.92. The van der Waals surface area contributed by atoms with E-state index in [1.165, 1.54) is 6.07 Å². The van der Waals surface area contributed by atoms with Gasteiger partial charge < -0.3 is 5.73 Å². The van der Waals surface area contributed by atoms with Crippen molar-refractivity contribution in [3.63, 3.8) is 0 Å². The summed E-state index contributed by atoms with van der Waals surface area (Å²) >= 11 is 0. The third kappa shape index (κ3) is 2.67. The Morgan fingerprint density at radius 3 is 2.64 bits per heavy atom. The van der Waals surface area contributed by atoms with Gasteiger partial charge in [0.2, 0.25) is 0 Å². The molecule has 0 aliphatic carbocycles. The Kier molecular flexibility index (Phi) is 3.58. The summed E-state index contributed by atoms with van der Waals surface area (Å²) in [7, 11) is 0. The molecule has 0 aliphatic heterocycles. The summed E-state index contributed by atoms with van der Waals surface area (Å²) in [5.74, 6) is 0.574. The molecule has 0 aliphatic rings. The second-order valence-electron chi connectivity index (χ2n) is 4.92. The van der Waals surface area contributed by atoms with Gasteiger partial charge in [-0.15, -0.1) is 10.2 Å². The van der Waals surface area contributed by atoms with Crippen molar-refractivity contribution >= 4 is 5.65 Å². The van der Waals surface area contributed by atoms with Gasteiger partial charge in [0.25, 0.3) is 0 Å². The molecule has 2 aromatic heterocycles. The summed E-state index contributed by atoms with van der Waals surface area (Å²) in [6.07, 6.45) is -2.31. The van der Waals surface area contributed by atoms with E-state index in [1.54, 1.807) is 16.7 Å². The first kappa shape index (κ1) is 14.5. The molecule has 0 fully saturated rings. The molecule has 0 radical (unpaired) electrons. The molecular formula is C15H13F3N4. The summed E-state index contributed by atoms with van der Waals surface area (Å²) in [4.78, 5) is 0. The lowest BCUT2D eigenvalue weighted by atomic mass is 10.1. The van der Waals surface area contributed by atoms with Crippen molar-refractivity contribution in [1.29, 1.82) is 0 Å². The number of hydrogen-bond donors (Lipinski definition) is 1. The highest BCUT2D eigenvalue weighted by molar-refractivity contribution is 5.47. The molecule has 1 aromatic carbocycles. The van der Waals surface area contributed by atoms with Crippen molar-refractivity contribution in [2.24, 2.45) is 5.73 Å². The first-order valence-corrected chi connectivity index (χ1v) is 6.67. The van der Waals surface area contributed by atoms with E-state index < -0.39 is 11.7 Å². The summed E-state index contributed by atoms with van der Waals surface area (Å²) < 4.78 is 40.0. The monoisotopic (exact) mass is 306 g/mol. The lowest BCUT2D eigenvalue weighted by Crippen LogP contribution is -2.06. The van der Waals surface area contributed by atoms with Crippen LogP contribution in [0, 0.1) is 0 Å². The Morgan fingerprint density at radius 1 is 1.09 bits per heavy atom. The molecular weight excluding hydrogens is 293 g/mol. The Morgan fingerprint density at radius 2 is 1.91 bits per heavy atom. The van der Waals surface area contributed by atoms with Gasteiger partial charge in [-0.3, -0.25) is 4.40 Å². The van der Waals surface area contributed by atoms with Gasteiger partial charge in [0.15, 0.2) is 5.65 Å². The number of benzene rings is 1. The molecule has 0 bridgehead atoms. The zero-order valence-electron chi connectivity index (χ0n) is 11.5. The van der Waals surface area contributed by atoms with Crippen LogP contribution in [0.5, 0.6) is 0 Å². The summed E-state index contributed by atoms with van der Waals surface area (Å²) in [6, 6.07) is 8.88. The zero-order valence-corrected chi connectivity index (χ0v) is 11.5. The van der Waals surface area contributed by atoms with Crippen molar-refractivity contribution in [2.45, 2.75) is 19.1 Å². The molecule has 2 heterocycles. The molecule has 114 valence electrons. The summed E-state index contributed by atoms with van der Waals surface area (Å²) in [5, 5.41) is 8.13. The standard InChI is InChI=1S/C15H13F3N4/c16-15(17,18)12-5-1-3-10(7-12)8-13-20-21-14-11(9-19)4-2-6-22(13)14/h1-7H,8-9,19H2. The highest BCUT2D eigenvalue weighted by atomic mass is 19.4. The van der Waals surface area contributed by atoms with Gasteiger partial charge in [-0.05, 0) is 17.7 Å². The van der Waals surface area contributed by atoms with Crippen LogP contribution < -0.4 is 5.73 Å². The van der Waals surface area contributed by atoms with Gasteiger partial charge in [-0.1, -0.05) is 24.3 Å². The SMILES string of the molecule is NCc1cccn2c(Cc3cccc(C(F)(F)F)c3)nnc12. The van der Waals surface area contributed by atoms with Crippen LogP contribution in [0.3, 0.4) is 0 Å². The van der Waals surface area contributed by atoms with Crippen molar-refractivity contribution in [3.8, 4) is 0 Å². The van der Waals surface area contributed by atoms with E-state index >= 15 is 0 Å². The number of halogens is 3. The van der Waals surface area contributed by atoms with Crippen LogP contribution in [-0.2, 0) is 19.1 Å². The van der Waals surface area contributed by atoms with Crippen molar-refractivity contribution in [3.05, 3.63) is 65.1 Å². The Bertz CT molecular complexity index is 808. The fourth-order valence-corrected chi connectivity index (χ4v) is 2.34. The third-order valence-corrected chi connectivity index (χ3v) is 3.42. The summed E-state index contributed by atoms with van der Waals surface area (Å²) in [5.41, 5.74) is 6.97. The van der Waals surface area contributed by atoms with E-state index in [4.69, 9.17) is 5.73 Å². The summed E-state index contributed by atoms with van der Waals surface area (Å²) in [6.45, 7) is 0.325. The van der Waals surface area contributed by atoms with E-state index in [0.717, 1.165) is 17.7 Å². The average Bonchev–Trinajstić information content (AvgIpc) is 2.90. The van der Waals surface area contributed by atoms with Crippen molar-refractivity contribution in [2.75, 3.05) is 0 Å². The average molecular weight is 306 g/mol. The van der Waals surface area contributed by atoms with Gasteiger partial charge in [0, 0.05) is 24.7 Å². The first-order valence-electron chi connectivity index (χ1n) is 6.67. The van der Waals surface area contributed by atoms with Crippen LogP contribution in [0.25, 0.3) is 5.65 Å². The number of nitrogens with zero attached hydrogens (tertiary/aromatic N) is 3. The quantitative estimate of drug-likeness (QED) is 0.809. The Labute approximate surface area is 124 Å². The van der Waals surface area contributed by atoms with E-state index in [-0.39, 0.29) is 6.42 Å². The number of hydrogen-bond acceptors (Lipinski definition) is 3. The molecule has 0 atom stereocenters. The number of fused-ring (bicyclic) bond motifs is 1. The maximum absolute atomic E-state index is 12.8. The fraction of sp³-hybridized carbons (Fsp3) is 0.200. The Hall–Kier alpha value is -2.41. The molecule has 0 saturated carbocycles. The molecule has 4 nitrogen and oxygen atoms in total. The highest BCUT2D eigenvalue weighted by Gasteiger charge is 2.30. The lowest BCUT2D eigenvalue weighted by molar-refractivity contribution is -0.137. The molecule has 0 unspecified atom stereocenters. The van der Waals surface area contributed by atoms with E-state index in [2.05, 4.69) is 10.2 Å². The minimum Gasteiger partial charge on any atom is -0.326 e. The zero-order chi connectivity index (χ0) is 15.7. The van der Waals surface area contributed by atoms with Crippen LogP contribution in [0.4, 0.5) is 13.2 Å². The Balaban J connectivity index is 1.97.